The van der Waals surface area contributed by atoms with Crippen molar-refractivity contribution >= 4 is 39.7 Å². The maximum Gasteiger partial charge on any atom is 0.200 e. The van der Waals surface area contributed by atoms with E-state index < -0.39 is 0 Å². The van der Waals surface area contributed by atoms with Gasteiger partial charge < -0.3 is 0 Å². The Morgan fingerprint density at radius 3 is 2.80 bits per heavy atom. The van der Waals surface area contributed by atoms with E-state index in [9.17, 15) is 0 Å². The van der Waals surface area contributed by atoms with Gasteiger partial charge in [0, 0.05) is 10.7 Å². The number of benzene rings is 1. The van der Waals surface area contributed by atoms with Crippen molar-refractivity contribution in [2.24, 2.45) is 0 Å². The molecule has 0 atom stereocenters. The Morgan fingerprint density at radius 1 is 1.25 bits per heavy atom. The van der Waals surface area contributed by atoms with Gasteiger partial charge in [0.05, 0.1) is 10.7 Å². The molecule has 1 aromatic carbocycles. The first-order valence-corrected chi connectivity index (χ1v) is 7.29. The van der Waals surface area contributed by atoms with Crippen LogP contribution < -0.4 is 0 Å². The molecule has 0 saturated carbocycles. The van der Waals surface area contributed by atoms with E-state index in [1.807, 2.05) is 34.9 Å². The van der Waals surface area contributed by atoms with Gasteiger partial charge in [-0.05, 0) is 58.5 Å². The van der Waals surface area contributed by atoms with Gasteiger partial charge in [-0.3, -0.25) is 14.6 Å². The number of rotatable bonds is 2. The van der Waals surface area contributed by atoms with Crippen LogP contribution in [-0.4, -0.2) is 19.7 Å². The fourth-order valence-corrected chi connectivity index (χ4v) is 2.55. The van der Waals surface area contributed by atoms with Gasteiger partial charge in [-0.2, -0.15) is 5.10 Å². The summed E-state index contributed by atoms with van der Waals surface area (Å²) in [5, 5.41) is 7.69. The highest BCUT2D eigenvalue weighted by molar-refractivity contribution is 9.10. The molecule has 0 aliphatic carbocycles. The minimum atomic E-state index is 0.500. The van der Waals surface area contributed by atoms with E-state index in [0.29, 0.717) is 15.6 Å². The zero-order valence-corrected chi connectivity index (χ0v) is 13.2. The summed E-state index contributed by atoms with van der Waals surface area (Å²) in [6, 6.07) is 11.2. The van der Waals surface area contributed by atoms with Gasteiger partial charge in [0.15, 0.2) is 10.6 Å². The van der Waals surface area contributed by atoms with Crippen molar-refractivity contribution in [3.8, 4) is 17.2 Å². The predicted octanol–water partition coefficient (Wildman–Crippen LogP) is 4.41. The number of pyridine rings is 1. The lowest BCUT2D eigenvalue weighted by atomic mass is 10.3. The normalized spacial score (nSPS) is 10.7. The lowest BCUT2D eigenvalue weighted by Crippen LogP contribution is -1.99. The van der Waals surface area contributed by atoms with E-state index in [1.54, 1.807) is 12.3 Å². The van der Waals surface area contributed by atoms with Gasteiger partial charge in [0.1, 0.15) is 5.69 Å². The molecule has 0 amide bonds. The largest absolute Gasteiger partial charge is 0.267 e. The molecule has 20 heavy (non-hydrogen) atoms. The van der Waals surface area contributed by atoms with Gasteiger partial charge in [0.25, 0.3) is 0 Å². The summed E-state index contributed by atoms with van der Waals surface area (Å²) in [6.45, 7) is 0. The summed E-state index contributed by atoms with van der Waals surface area (Å²) in [5.74, 6) is 0.657. The molecule has 4 nitrogen and oxygen atoms in total. The SMILES string of the molecule is S=c1[nH]nc(-c2ccccn2)n1-c1ccc(Cl)c(Br)c1. The summed E-state index contributed by atoms with van der Waals surface area (Å²) >= 11 is 14.7. The Labute approximate surface area is 133 Å². The van der Waals surface area contributed by atoms with E-state index >= 15 is 0 Å². The zero-order valence-electron chi connectivity index (χ0n) is 10.0. The van der Waals surface area contributed by atoms with E-state index in [2.05, 4.69) is 31.1 Å². The molecule has 2 aromatic heterocycles. The van der Waals surface area contributed by atoms with Crippen LogP contribution in [0.5, 0.6) is 0 Å². The lowest BCUT2D eigenvalue weighted by molar-refractivity contribution is 1.03. The van der Waals surface area contributed by atoms with Crippen LogP contribution in [0.15, 0.2) is 47.1 Å². The van der Waals surface area contributed by atoms with Gasteiger partial charge in [-0.25, -0.2) is 0 Å². The van der Waals surface area contributed by atoms with Crippen molar-refractivity contribution in [3.05, 3.63) is 56.9 Å². The van der Waals surface area contributed by atoms with Crippen LogP contribution in [0.3, 0.4) is 0 Å². The summed E-state index contributed by atoms with van der Waals surface area (Å²) < 4.78 is 3.12. The molecule has 0 unspecified atom stereocenters. The highest BCUT2D eigenvalue weighted by Gasteiger charge is 2.12. The molecule has 0 spiro atoms. The molecule has 0 saturated heterocycles. The molecule has 0 radical (unpaired) electrons. The van der Waals surface area contributed by atoms with Crippen molar-refractivity contribution in [1.82, 2.24) is 19.7 Å². The van der Waals surface area contributed by atoms with Gasteiger partial charge in [-0.15, -0.1) is 0 Å². The molecular formula is C13H8BrClN4S. The third-order valence-corrected chi connectivity index (χ3v) is 4.22. The van der Waals surface area contributed by atoms with E-state index in [0.717, 1.165) is 15.9 Å². The number of halogens is 2. The highest BCUT2D eigenvalue weighted by Crippen LogP contribution is 2.27. The number of nitrogens with zero attached hydrogens (tertiary/aromatic N) is 3. The van der Waals surface area contributed by atoms with Gasteiger partial charge >= 0.3 is 0 Å². The summed E-state index contributed by atoms with van der Waals surface area (Å²) in [4.78, 5) is 4.30. The molecule has 3 aromatic rings. The minimum absolute atomic E-state index is 0.500. The third kappa shape index (κ3) is 2.42. The summed E-state index contributed by atoms with van der Waals surface area (Å²) in [7, 11) is 0. The Bertz CT molecular complexity index is 813. The number of nitrogens with one attached hydrogen (secondary N) is 1. The fourth-order valence-electron chi connectivity index (χ4n) is 1.83. The van der Waals surface area contributed by atoms with Crippen molar-refractivity contribution in [2.75, 3.05) is 0 Å². The number of hydrogen-bond donors (Lipinski definition) is 1. The first kappa shape index (κ1) is 13.5. The zero-order chi connectivity index (χ0) is 14.1. The van der Waals surface area contributed by atoms with Crippen molar-refractivity contribution < 1.29 is 0 Å². The quantitative estimate of drug-likeness (QED) is 0.683. The number of aromatic nitrogens is 4. The summed E-state index contributed by atoms with van der Waals surface area (Å²) in [5.41, 5.74) is 1.60. The standard InChI is InChI=1S/C13H8BrClN4S/c14-9-7-8(4-5-10(9)15)19-12(17-18-13(19)20)11-3-1-2-6-16-11/h1-7H,(H,18,20). The molecule has 1 N–H and O–H groups in total. The predicted molar refractivity (Wildman–Crippen MR) is 84.7 cm³/mol. The third-order valence-electron chi connectivity index (χ3n) is 2.73. The van der Waals surface area contributed by atoms with Crippen LogP contribution >= 0.6 is 39.7 Å². The molecule has 0 fully saturated rings. The molecule has 0 bridgehead atoms. The Morgan fingerprint density at radius 2 is 2.10 bits per heavy atom. The smallest absolute Gasteiger partial charge is 0.200 e. The number of H-pyrrole nitrogens is 1. The highest BCUT2D eigenvalue weighted by atomic mass is 79.9. The Hall–Kier alpha value is -1.50. The second-order valence-electron chi connectivity index (χ2n) is 4.00. The topological polar surface area (TPSA) is 46.5 Å². The van der Waals surface area contributed by atoms with Crippen LogP contribution in [0.25, 0.3) is 17.2 Å². The van der Waals surface area contributed by atoms with Crippen molar-refractivity contribution in [1.29, 1.82) is 0 Å². The Balaban J connectivity index is 2.22. The molecule has 3 rings (SSSR count). The van der Waals surface area contributed by atoms with Crippen LogP contribution in [0.4, 0.5) is 0 Å². The second-order valence-corrected chi connectivity index (χ2v) is 5.65. The fraction of sp³-hybridized carbons (Fsp3) is 0. The summed E-state index contributed by atoms with van der Waals surface area (Å²) in [6.07, 6.45) is 1.72. The van der Waals surface area contributed by atoms with Gasteiger partial charge in [-0.1, -0.05) is 17.7 Å². The molecule has 7 heteroatoms. The molecular weight excluding hydrogens is 360 g/mol. The first-order valence-electron chi connectivity index (χ1n) is 5.71. The molecule has 0 aliphatic rings. The maximum absolute atomic E-state index is 6.02. The van der Waals surface area contributed by atoms with Gasteiger partial charge in [0.2, 0.25) is 0 Å². The minimum Gasteiger partial charge on any atom is -0.267 e. The van der Waals surface area contributed by atoms with Crippen molar-refractivity contribution in [3.63, 3.8) is 0 Å². The van der Waals surface area contributed by atoms with Crippen LogP contribution in [0, 0.1) is 4.77 Å². The Kier molecular flexibility index (Phi) is 3.69. The lowest BCUT2D eigenvalue weighted by Gasteiger charge is -2.07. The average molecular weight is 368 g/mol. The van der Waals surface area contributed by atoms with E-state index in [1.165, 1.54) is 0 Å². The van der Waals surface area contributed by atoms with Crippen LogP contribution in [0.2, 0.25) is 5.02 Å². The maximum atomic E-state index is 6.02. The number of aromatic amines is 1. The second kappa shape index (κ2) is 5.47. The first-order chi connectivity index (χ1) is 9.66. The van der Waals surface area contributed by atoms with E-state index in [-0.39, 0.29) is 0 Å². The number of hydrogen-bond acceptors (Lipinski definition) is 3. The average Bonchev–Trinajstić information content (AvgIpc) is 2.85. The van der Waals surface area contributed by atoms with Crippen molar-refractivity contribution in [2.45, 2.75) is 0 Å². The van der Waals surface area contributed by atoms with Crippen LogP contribution in [-0.2, 0) is 0 Å². The van der Waals surface area contributed by atoms with Crippen LogP contribution in [0.1, 0.15) is 0 Å². The molecule has 0 aliphatic heterocycles. The molecule has 100 valence electrons. The molecule has 2 heterocycles. The monoisotopic (exact) mass is 366 g/mol. The van der Waals surface area contributed by atoms with E-state index in [4.69, 9.17) is 23.8 Å².